The molecule has 12 heavy (non-hydrogen) atoms. The standard InChI is InChI=1S/C9H8N2O/c1-7-3-2-4-8(5-7)9(12)6-11-10/h2-6H,1H3/p+1/b9-6-. The number of aliphatic hydroxyl groups excluding tert-OH is 1. The average molecular weight is 161 g/mol. The Morgan fingerprint density at radius 1 is 1.58 bits per heavy atom. The zero-order valence-corrected chi connectivity index (χ0v) is 6.73. The van der Waals surface area contributed by atoms with Crippen molar-refractivity contribution in [3.8, 4) is 0 Å². The van der Waals surface area contributed by atoms with Crippen molar-refractivity contribution in [1.82, 2.24) is 0 Å². The van der Waals surface area contributed by atoms with Crippen LogP contribution in [0, 0.1) is 12.3 Å². The van der Waals surface area contributed by atoms with Crippen molar-refractivity contribution >= 4 is 5.76 Å². The normalized spacial score (nSPS) is 10.8. The number of aryl methyl sites for hydroxylation is 1. The third kappa shape index (κ3) is 1.83. The van der Waals surface area contributed by atoms with Crippen LogP contribution < -0.4 is 0 Å². The summed E-state index contributed by atoms with van der Waals surface area (Å²) >= 11 is 0. The average Bonchev–Trinajstić information content (AvgIpc) is 2.05. The minimum Gasteiger partial charge on any atom is -0.501 e. The molecule has 0 spiro atoms. The van der Waals surface area contributed by atoms with Gasteiger partial charge in [0, 0.05) is 5.56 Å². The lowest BCUT2D eigenvalue weighted by Crippen LogP contribution is -1.82. The summed E-state index contributed by atoms with van der Waals surface area (Å²) in [6.45, 7) is 1.92. The van der Waals surface area contributed by atoms with E-state index in [1.165, 1.54) is 0 Å². The molecule has 60 valence electrons. The molecule has 1 aromatic rings. The zero-order chi connectivity index (χ0) is 8.97. The molecule has 1 N–H and O–H groups in total. The van der Waals surface area contributed by atoms with Crippen LogP contribution in [0.2, 0.25) is 0 Å². The Kier molecular flexibility index (Phi) is 2.44. The van der Waals surface area contributed by atoms with Crippen LogP contribution in [0.15, 0.2) is 30.5 Å². The van der Waals surface area contributed by atoms with Gasteiger partial charge < -0.3 is 5.11 Å². The predicted molar refractivity (Wildman–Crippen MR) is 46.9 cm³/mol. The second kappa shape index (κ2) is 3.54. The number of benzene rings is 1. The molecule has 0 heterocycles. The Labute approximate surface area is 70.6 Å². The second-order valence-electron chi connectivity index (χ2n) is 2.50. The highest BCUT2D eigenvalue weighted by Crippen LogP contribution is 2.12. The quantitative estimate of drug-likeness (QED) is 0.508. The smallest absolute Gasteiger partial charge is 0.392 e. The molecule has 1 rings (SSSR count). The first-order valence-electron chi connectivity index (χ1n) is 3.54. The van der Waals surface area contributed by atoms with E-state index in [-0.39, 0.29) is 5.76 Å². The van der Waals surface area contributed by atoms with Gasteiger partial charge in [-0.15, -0.1) is 0 Å². The van der Waals surface area contributed by atoms with Gasteiger partial charge in [-0.2, -0.15) is 0 Å². The predicted octanol–water partition coefficient (Wildman–Crippen LogP) is 2.70. The summed E-state index contributed by atoms with van der Waals surface area (Å²) in [5.41, 5.74) is 1.69. The van der Waals surface area contributed by atoms with Crippen molar-refractivity contribution in [2.45, 2.75) is 6.92 Å². The van der Waals surface area contributed by atoms with E-state index >= 15 is 0 Å². The van der Waals surface area contributed by atoms with Gasteiger partial charge in [-0.25, -0.2) is 0 Å². The Morgan fingerprint density at radius 2 is 2.33 bits per heavy atom. The van der Waals surface area contributed by atoms with Crippen molar-refractivity contribution in [1.29, 1.82) is 5.39 Å². The lowest BCUT2D eigenvalue weighted by molar-refractivity contribution is 0.511. The van der Waals surface area contributed by atoms with Crippen LogP contribution in [0.5, 0.6) is 0 Å². The summed E-state index contributed by atoms with van der Waals surface area (Å²) in [7, 11) is 0. The third-order valence-corrected chi connectivity index (χ3v) is 1.49. The molecule has 0 unspecified atom stereocenters. The van der Waals surface area contributed by atoms with E-state index < -0.39 is 0 Å². The van der Waals surface area contributed by atoms with E-state index in [0.717, 1.165) is 11.8 Å². The van der Waals surface area contributed by atoms with Crippen molar-refractivity contribution in [3.63, 3.8) is 0 Å². The SMILES string of the molecule is Cc1cccc(/C(O)=C/[N+]#N)c1. The largest absolute Gasteiger partial charge is 0.501 e. The van der Waals surface area contributed by atoms with Gasteiger partial charge in [-0.1, -0.05) is 23.8 Å². The van der Waals surface area contributed by atoms with Gasteiger partial charge in [0.15, 0.2) is 4.98 Å². The van der Waals surface area contributed by atoms with Crippen LogP contribution in [0.1, 0.15) is 11.1 Å². The topological polar surface area (TPSA) is 48.4 Å². The van der Waals surface area contributed by atoms with Crippen LogP contribution >= 0.6 is 0 Å². The van der Waals surface area contributed by atoms with E-state index in [9.17, 15) is 5.11 Å². The molecule has 0 amide bonds. The number of aliphatic hydroxyl groups is 1. The Bertz CT molecular complexity index is 350. The molecular formula is C9H9N2O+. The summed E-state index contributed by atoms with van der Waals surface area (Å²) in [4.78, 5) is 2.73. The molecule has 0 aliphatic carbocycles. The van der Waals surface area contributed by atoms with Gasteiger partial charge in [0.2, 0.25) is 11.2 Å². The van der Waals surface area contributed by atoms with E-state index in [4.69, 9.17) is 5.39 Å². The minimum atomic E-state index is -0.0406. The van der Waals surface area contributed by atoms with Gasteiger partial charge in [0.1, 0.15) is 0 Å². The van der Waals surface area contributed by atoms with Gasteiger partial charge >= 0.3 is 6.20 Å². The molecule has 1 aromatic carbocycles. The first-order chi connectivity index (χ1) is 5.74. The minimum absolute atomic E-state index is 0.0406. The fourth-order valence-corrected chi connectivity index (χ4v) is 0.934. The maximum atomic E-state index is 9.25. The molecule has 3 heteroatoms. The van der Waals surface area contributed by atoms with Crippen molar-refractivity contribution in [2.75, 3.05) is 0 Å². The molecule has 0 saturated carbocycles. The van der Waals surface area contributed by atoms with Crippen LogP contribution in [-0.2, 0) is 0 Å². The number of diazo groups is 1. The molecule has 0 aliphatic rings. The van der Waals surface area contributed by atoms with E-state index in [2.05, 4.69) is 4.98 Å². The summed E-state index contributed by atoms with van der Waals surface area (Å²) in [5.74, 6) is -0.0406. The monoisotopic (exact) mass is 161 g/mol. The van der Waals surface area contributed by atoms with Crippen LogP contribution in [-0.4, -0.2) is 5.11 Å². The molecule has 0 bridgehead atoms. The fraction of sp³-hybridized carbons (Fsp3) is 0.111. The first-order valence-corrected chi connectivity index (χ1v) is 3.54. The molecule has 3 nitrogen and oxygen atoms in total. The Hall–Kier alpha value is -1.82. The highest BCUT2D eigenvalue weighted by molar-refractivity contribution is 5.59. The molecule has 0 aliphatic heterocycles. The van der Waals surface area contributed by atoms with E-state index in [1.807, 2.05) is 19.1 Å². The lowest BCUT2D eigenvalue weighted by atomic mass is 10.1. The number of nitrogens with zero attached hydrogens (tertiary/aromatic N) is 2. The lowest BCUT2D eigenvalue weighted by Gasteiger charge is -1.96. The first kappa shape index (κ1) is 8.28. The maximum absolute atomic E-state index is 9.25. The molecule has 0 atom stereocenters. The summed E-state index contributed by atoms with van der Waals surface area (Å²) in [6.07, 6.45) is 0.995. The van der Waals surface area contributed by atoms with Crippen LogP contribution in [0.3, 0.4) is 0 Å². The number of hydrogen-bond acceptors (Lipinski definition) is 2. The summed E-state index contributed by atoms with van der Waals surface area (Å²) in [6, 6.07) is 7.29. The zero-order valence-electron chi connectivity index (χ0n) is 6.73. The highest BCUT2D eigenvalue weighted by atomic mass is 16.3. The Morgan fingerprint density at radius 3 is 2.92 bits per heavy atom. The maximum Gasteiger partial charge on any atom is 0.392 e. The van der Waals surface area contributed by atoms with Crippen molar-refractivity contribution < 1.29 is 5.11 Å². The molecule has 0 radical (unpaired) electrons. The number of hydrogen-bond donors (Lipinski definition) is 1. The second-order valence-corrected chi connectivity index (χ2v) is 2.50. The highest BCUT2D eigenvalue weighted by Gasteiger charge is 2.02. The molecule has 0 saturated heterocycles. The van der Waals surface area contributed by atoms with Gasteiger partial charge in [-0.05, 0) is 13.0 Å². The molecule has 0 aromatic heterocycles. The van der Waals surface area contributed by atoms with E-state index in [0.29, 0.717) is 5.56 Å². The fourth-order valence-electron chi connectivity index (χ4n) is 0.934. The Balaban J connectivity index is 3.05. The van der Waals surface area contributed by atoms with Crippen LogP contribution in [0.4, 0.5) is 0 Å². The van der Waals surface area contributed by atoms with Gasteiger partial charge in [-0.3, -0.25) is 0 Å². The van der Waals surface area contributed by atoms with E-state index in [1.54, 1.807) is 12.1 Å². The van der Waals surface area contributed by atoms with Gasteiger partial charge in [0.05, 0.1) is 0 Å². The van der Waals surface area contributed by atoms with Crippen molar-refractivity contribution in [2.24, 2.45) is 0 Å². The van der Waals surface area contributed by atoms with Crippen molar-refractivity contribution in [3.05, 3.63) is 46.6 Å². The molecule has 0 fully saturated rings. The summed E-state index contributed by atoms with van der Waals surface area (Å²) < 4.78 is 0. The third-order valence-electron chi connectivity index (χ3n) is 1.49. The van der Waals surface area contributed by atoms with Crippen LogP contribution in [0.25, 0.3) is 10.7 Å². The number of rotatable bonds is 1. The molecular weight excluding hydrogens is 152 g/mol. The summed E-state index contributed by atoms with van der Waals surface area (Å²) in [5, 5.41) is 17.4. The van der Waals surface area contributed by atoms with Gasteiger partial charge in [0.25, 0.3) is 0 Å².